The smallest absolute Gasteiger partial charge is 0.284 e. The molecule has 150 valence electrons. The van der Waals surface area contributed by atoms with Crippen LogP contribution in [-0.4, -0.2) is 26.8 Å². The zero-order valence-corrected chi connectivity index (χ0v) is 16.6. The van der Waals surface area contributed by atoms with Gasteiger partial charge in [0.1, 0.15) is 6.26 Å². The van der Waals surface area contributed by atoms with Crippen molar-refractivity contribution in [1.82, 2.24) is 14.4 Å². The average Bonchev–Trinajstić information content (AvgIpc) is 3.33. The summed E-state index contributed by atoms with van der Waals surface area (Å²) in [6.07, 6.45) is 14.8. The Morgan fingerprint density at radius 3 is 2.68 bits per heavy atom. The minimum Gasteiger partial charge on any atom is -0.458 e. The molecule has 3 heterocycles. The summed E-state index contributed by atoms with van der Waals surface area (Å²) < 4.78 is 7.17. The lowest BCUT2D eigenvalue weighted by molar-refractivity contribution is 0.0974. The summed E-state index contributed by atoms with van der Waals surface area (Å²) >= 11 is 0. The molecule has 7 heteroatoms. The summed E-state index contributed by atoms with van der Waals surface area (Å²) in [5, 5.41) is 3.48. The Kier molecular flexibility index (Phi) is 6.68. The second-order valence-corrected chi connectivity index (χ2v) is 6.92. The number of carbonyl (C=O) groups is 1. The summed E-state index contributed by atoms with van der Waals surface area (Å²) in [5.74, 6) is 1.01. The van der Waals surface area contributed by atoms with Crippen molar-refractivity contribution in [2.75, 3.05) is 11.9 Å². The number of rotatable bonds is 5. The summed E-state index contributed by atoms with van der Waals surface area (Å²) in [7, 11) is 0. The van der Waals surface area contributed by atoms with Gasteiger partial charge in [-0.2, -0.15) is 0 Å². The van der Waals surface area contributed by atoms with Crippen molar-refractivity contribution in [3.8, 4) is 11.3 Å². The zero-order valence-electron chi connectivity index (χ0n) is 16.6. The van der Waals surface area contributed by atoms with Crippen LogP contribution >= 0.6 is 0 Å². The van der Waals surface area contributed by atoms with Crippen LogP contribution in [0.1, 0.15) is 62.9 Å². The van der Waals surface area contributed by atoms with Crippen LogP contribution in [0, 0.1) is 5.92 Å². The maximum Gasteiger partial charge on any atom is 0.284 e. The van der Waals surface area contributed by atoms with Gasteiger partial charge in [0, 0.05) is 24.5 Å². The molecule has 3 aromatic heterocycles. The normalized spacial score (nSPS) is 14.9. The Hall–Kier alpha value is -2.83. The number of carbonyl (C=O) groups excluding carboxylic acids is 1. The monoisotopic (exact) mass is 383 g/mol. The molecule has 0 spiro atoms. The fraction of sp³-hybridized carbons (Fsp3) is 0.476. The molecule has 1 amide bonds. The van der Waals surface area contributed by atoms with Crippen molar-refractivity contribution in [3.63, 3.8) is 0 Å². The number of furan rings is 1. The first-order chi connectivity index (χ1) is 13.7. The molecule has 3 N–H and O–H groups in total. The van der Waals surface area contributed by atoms with E-state index in [1.165, 1.54) is 44.8 Å². The molecule has 0 aliphatic heterocycles. The number of imidazole rings is 1. The summed E-state index contributed by atoms with van der Waals surface area (Å²) in [6, 6.07) is 1.62. The molecule has 7 nitrogen and oxygen atoms in total. The second-order valence-electron chi connectivity index (χ2n) is 6.92. The molecular formula is C21H29N5O2. The quantitative estimate of drug-likeness (QED) is 0.632. The van der Waals surface area contributed by atoms with Gasteiger partial charge in [0.25, 0.3) is 5.91 Å². The highest BCUT2D eigenvalue weighted by atomic mass is 16.3. The first-order valence-electron chi connectivity index (χ1n) is 10.2. The lowest BCUT2D eigenvalue weighted by atomic mass is 10.0. The Balaban J connectivity index is 0.00000109. The average molecular weight is 383 g/mol. The van der Waals surface area contributed by atoms with Gasteiger partial charge < -0.3 is 15.5 Å². The molecular weight excluding hydrogens is 354 g/mol. The van der Waals surface area contributed by atoms with E-state index in [1.807, 2.05) is 24.4 Å². The number of nitrogens with one attached hydrogen (secondary N) is 1. The van der Waals surface area contributed by atoms with E-state index in [-0.39, 0.29) is 5.76 Å². The number of amides is 1. The Morgan fingerprint density at radius 2 is 2.00 bits per heavy atom. The van der Waals surface area contributed by atoms with Crippen LogP contribution < -0.4 is 11.1 Å². The SMILES string of the molecule is CC.NC(=O)c1cc(-c2cnc(NCC3CCCCCC3)c3nccn23)co1. The van der Waals surface area contributed by atoms with Crippen molar-refractivity contribution >= 4 is 17.4 Å². The minimum atomic E-state index is -0.590. The fourth-order valence-electron chi connectivity index (χ4n) is 3.67. The predicted molar refractivity (Wildman–Crippen MR) is 110 cm³/mol. The Labute approximate surface area is 165 Å². The van der Waals surface area contributed by atoms with E-state index in [9.17, 15) is 4.79 Å². The number of hydrogen-bond donors (Lipinski definition) is 2. The molecule has 4 rings (SSSR count). The van der Waals surface area contributed by atoms with Gasteiger partial charge in [-0.05, 0) is 24.8 Å². The molecule has 0 bridgehead atoms. The highest BCUT2D eigenvalue weighted by molar-refractivity contribution is 5.91. The number of nitrogens with two attached hydrogens (primary N) is 1. The van der Waals surface area contributed by atoms with Crippen molar-refractivity contribution in [1.29, 1.82) is 0 Å². The van der Waals surface area contributed by atoms with E-state index in [1.54, 1.807) is 18.5 Å². The summed E-state index contributed by atoms with van der Waals surface area (Å²) in [5.41, 5.74) is 7.57. The van der Waals surface area contributed by atoms with Crippen LogP contribution in [0.2, 0.25) is 0 Å². The van der Waals surface area contributed by atoms with Gasteiger partial charge in [0.2, 0.25) is 0 Å². The third-order valence-electron chi connectivity index (χ3n) is 5.10. The van der Waals surface area contributed by atoms with Crippen LogP contribution in [-0.2, 0) is 0 Å². The molecule has 1 aliphatic rings. The number of fused-ring (bicyclic) bond motifs is 1. The van der Waals surface area contributed by atoms with E-state index in [0.29, 0.717) is 5.92 Å². The Morgan fingerprint density at radius 1 is 1.25 bits per heavy atom. The van der Waals surface area contributed by atoms with E-state index >= 15 is 0 Å². The summed E-state index contributed by atoms with van der Waals surface area (Å²) in [4.78, 5) is 20.3. The third-order valence-corrected chi connectivity index (χ3v) is 5.10. The van der Waals surface area contributed by atoms with Gasteiger partial charge in [-0.3, -0.25) is 9.20 Å². The van der Waals surface area contributed by atoms with E-state index in [4.69, 9.17) is 10.2 Å². The van der Waals surface area contributed by atoms with E-state index < -0.39 is 5.91 Å². The number of primary amides is 1. The Bertz CT molecular complexity index is 907. The van der Waals surface area contributed by atoms with Gasteiger partial charge in [-0.25, -0.2) is 9.97 Å². The van der Waals surface area contributed by atoms with Crippen molar-refractivity contribution < 1.29 is 9.21 Å². The fourth-order valence-corrected chi connectivity index (χ4v) is 3.67. The highest BCUT2D eigenvalue weighted by Gasteiger charge is 2.16. The largest absolute Gasteiger partial charge is 0.458 e. The maximum absolute atomic E-state index is 11.3. The molecule has 0 saturated heterocycles. The first kappa shape index (κ1) is 19.9. The first-order valence-corrected chi connectivity index (χ1v) is 10.2. The minimum absolute atomic E-state index is 0.129. The molecule has 0 aromatic carbocycles. The lowest BCUT2D eigenvalue weighted by Crippen LogP contribution is -2.15. The maximum atomic E-state index is 11.3. The number of nitrogens with zero attached hydrogens (tertiary/aromatic N) is 3. The molecule has 3 aromatic rings. The van der Waals surface area contributed by atoms with Gasteiger partial charge in [-0.15, -0.1) is 0 Å². The van der Waals surface area contributed by atoms with Gasteiger partial charge in [-0.1, -0.05) is 39.5 Å². The number of hydrogen-bond acceptors (Lipinski definition) is 5. The third kappa shape index (κ3) is 4.35. The van der Waals surface area contributed by atoms with E-state index in [0.717, 1.165) is 29.3 Å². The molecule has 28 heavy (non-hydrogen) atoms. The second kappa shape index (κ2) is 9.39. The molecule has 1 aliphatic carbocycles. The lowest BCUT2D eigenvalue weighted by Gasteiger charge is -2.16. The van der Waals surface area contributed by atoms with Crippen LogP contribution in [0.3, 0.4) is 0 Å². The molecule has 0 radical (unpaired) electrons. The number of aromatic nitrogens is 3. The van der Waals surface area contributed by atoms with Crippen LogP contribution in [0.5, 0.6) is 0 Å². The van der Waals surface area contributed by atoms with Crippen LogP contribution in [0.25, 0.3) is 16.9 Å². The van der Waals surface area contributed by atoms with Crippen LogP contribution in [0.4, 0.5) is 5.82 Å². The molecule has 1 saturated carbocycles. The topological polar surface area (TPSA) is 98.5 Å². The number of anilines is 1. The van der Waals surface area contributed by atoms with Gasteiger partial charge in [0.05, 0.1) is 11.9 Å². The predicted octanol–water partition coefficient (Wildman–Crippen LogP) is 4.50. The highest BCUT2D eigenvalue weighted by Crippen LogP contribution is 2.27. The summed E-state index contributed by atoms with van der Waals surface area (Å²) in [6.45, 7) is 4.92. The zero-order chi connectivity index (χ0) is 19.9. The van der Waals surface area contributed by atoms with Crippen molar-refractivity contribution in [2.24, 2.45) is 11.7 Å². The van der Waals surface area contributed by atoms with Gasteiger partial charge in [0.15, 0.2) is 17.2 Å². The molecule has 1 fully saturated rings. The molecule has 0 unspecified atom stereocenters. The van der Waals surface area contributed by atoms with Crippen LogP contribution in [0.15, 0.2) is 35.3 Å². The van der Waals surface area contributed by atoms with E-state index in [2.05, 4.69) is 15.3 Å². The van der Waals surface area contributed by atoms with Crippen molar-refractivity contribution in [2.45, 2.75) is 52.4 Å². The standard InChI is InChI=1S/C19H23N5O2.C2H6/c20-17(25)16-9-14(12-26-16)15-11-23-18(19-21-7-8-24(15)19)22-10-13-5-3-1-2-4-6-13;1-2/h7-9,11-13H,1-6,10H2,(H2,20,25)(H,22,23);1-2H3. The van der Waals surface area contributed by atoms with Gasteiger partial charge >= 0.3 is 0 Å². The molecule has 0 atom stereocenters. The van der Waals surface area contributed by atoms with Crippen molar-refractivity contribution in [3.05, 3.63) is 36.7 Å².